The van der Waals surface area contributed by atoms with E-state index in [4.69, 9.17) is 21.4 Å². The summed E-state index contributed by atoms with van der Waals surface area (Å²) in [4.78, 5) is 13.3. The zero-order chi connectivity index (χ0) is 20.0. The molecule has 6 heteroatoms. The molecule has 0 N–H and O–H groups in total. The van der Waals surface area contributed by atoms with Gasteiger partial charge in [0.25, 0.3) is 6.23 Å². The number of carbonyl (C=O) groups is 1. The van der Waals surface area contributed by atoms with Gasteiger partial charge in [-0.2, -0.15) is 5.10 Å². The highest BCUT2D eigenvalue weighted by Gasteiger charge is 2.43. The van der Waals surface area contributed by atoms with Gasteiger partial charge in [-0.05, 0) is 35.9 Å². The van der Waals surface area contributed by atoms with E-state index in [2.05, 4.69) is 15.9 Å². The van der Waals surface area contributed by atoms with Gasteiger partial charge in [0.15, 0.2) is 0 Å². The van der Waals surface area contributed by atoms with Gasteiger partial charge in [0.05, 0.1) is 11.8 Å². The molecule has 0 fully saturated rings. The molecular weight excluding hydrogens is 452 g/mol. The van der Waals surface area contributed by atoms with Crippen LogP contribution in [0.1, 0.15) is 33.9 Å². The predicted molar refractivity (Wildman–Crippen MR) is 117 cm³/mol. The van der Waals surface area contributed by atoms with E-state index in [0.717, 1.165) is 21.3 Å². The maximum absolute atomic E-state index is 13.3. The lowest BCUT2D eigenvalue weighted by atomic mass is 9.96. The maximum Gasteiger partial charge on any atom is 0.251 e. The molecule has 2 heterocycles. The van der Waals surface area contributed by atoms with Crippen molar-refractivity contribution < 1.29 is 9.53 Å². The first-order valence-corrected chi connectivity index (χ1v) is 10.4. The Morgan fingerprint density at radius 1 is 1.07 bits per heavy atom. The average Bonchev–Trinajstić information content (AvgIpc) is 3.20. The van der Waals surface area contributed by atoms with E-state index in [9.17, 15) is 4.79 Å². The third-order valence-electron chi connectivity index (χ3n) is 5.21. The van der Waals surface area contributed by atoms with E-state index in [0.29, 0.717) is 22.8 Å². The Labute approximate surface area is 181 Å². The van der Waals surface area contributed by atoms with Crippen LogP contribution in [0.3, 0.4) is 0 Å². The van der Waals surface area contributed by atoms with E-state index < -0.39 is 6.23 Å². The van der Waals surface area contributed by atoms with Gasteiger partial charge in [0.1, 0.15) is 5.75 Å². The highest BCUT2D eigenvalue weighted by atomic mass is 79.9. The van der Waals surface area contributed by atoms with Crippen LogP contribution in [-0.4, -0.2) is 22.7 Å². The van der Waals surface area contributed by atoms with Crippen molar-refractivity contribution >= 4 is 39.0 Å². The van der Waals surface area contributed by atoms with Crippen LogP contribution in [0.5, 0.6) is 5.75 Å². The molecule has 0 amide bonds. The fraction of sp³-hybridized carbons (Fsp3) is 0.130. The number of rotatable bonds is 3. The smallest absolute Gasteiger partial charge is 0.251 e. The summed E-state index contributed by atoms with van der Waals surface area (Å²) < 4.78 is 7.05. The minimum Gasteiger partial charge on any atom is -0.461 e. The van der Waals surface area contributed by atoms with Gasteiger partial charge >= 0.3 is 0 Å². The second-order valence-corrected chi connectivity index (χ2v) is 8.39. The van der Waals surface area contributed by atoms with Crippen molar-refractivity contribution in [2.24, 2.45) is 5.10 Å². The molecule has 3 aromatic rings. The molecule has 0 bridgehead atoms. The molecule has 2 aliphatic heterocycles. The summed E-state index contributed by atoms with van der Waals surface area (Å²) in [5.74, 6) is 0.553. The summed E-state index contributed by atoms with van der Waals surface area (Å²) >= 11 is 9.66. The maximum atomic E-state index is 13.3. The van der Waals surface area contributed by atoms with E-state index in [-0.39, 0.29) is 11.8 Å². The van der Waals surface area contributed by atoms with E-state index in [1.807, 2.05) is 54.6 Å². The predicted octanol–water partition coefficient (Wildman–Crippen LogP) is 5.86. The number of ether oxygens (including phenoxy) is 1. The molecule has 3 aromatic carbocycles. The number of carbonyl (C=O) groups excluding carboxylic acids is 1. The molecule has 5 rings (SSSR count). The third-order valence-corrected chi connectivity index (χ3v) is 5.98. The Morgan fingerprint density at radius 3 is 2.59 bits per heavy atom. The van der Waals surface area contributed by atoms with Crippen LogP contribution in [0, 0.1) is 0 Å². The summed E-state index contributed by atoms with van der Waals surface area (Å²) in [5.41, 5.74) is 3.51. The van der Waals surface area contributed by atoms with E-state index >= 15 is 0 Å². The zero-order valence-corrected chi connectivity index (χ0v) is 17.6. The highest BCUT2D eigenvalue weighted by molar-refractivity contribution is 9.10. The highest BCUT2D eigenvalue weighted by Crippen LogP contribution is 2.44. The summed E-state index contributed by atoms with van der Waals surface area (Å²) in [6.07, 6.45) is -0.138. The van der Waals surface area contributed by atoms with Crippen molar-refractivity contribution in [3.05, 3.63) is 99.0 Å². The van der Waals surface area contributed by atoms with Crippen LogP contribution in [0.2, 0.25) is 5.02 Å². The summed E-state index contributed by atoms with van der Waals surface area (Å²) in [5, 5.41) is 7.23. The first-order chi connectivity index (χ1) is 14.1. The van der Waals surface area contributed by atoms with Gasteiger partial charge in [-0.25, -0.2) is 5.01 Å². The number of hydrazone groups is 1. The average molecular weight is 468 g/mol. The molecule has 0 saturated heterocycles. The van der Waals surface area contributed by atoms with Gasteiger partial charge in [0.2, 0.25) is 5.78 Å². The van der Waals surface area contributed by atoms with Crippen LogP contribution in [-0.2, 0) is 0 Å². The topological polar surface area (TPSA) is 41.9 Å². The molecule has 4 nitrogen and oxygen atoms in total. The van der Waals surface area contributed by atoms with Crippen molar-refractivity contribution in [2.45, 2.75) is 18.7 Å². The number of fused-ring (bicyclic) bond motifs is 3. The largest absolute Gasteiger partial charge is 0.461 e. The molecule has 0 radical (unpaired) electrons. The van der Waals surface area contributed by atoms with Crippen LogP contribution in [0.15, 0.2) is 82.4 Å². The molecule has 2 atom stereocenters. The first-order valence-electron chi connectivity index (χ1n) is 9.27. The van der Waals surface area contributed by atoms with Gasteiger partial charge < -0.3 is 4.74 Å². The number of nitrogens with zero attached hydrogens (tertiary/aromatic N) is 2. The van der Waals surface area contributed by atoms with Crippen molar-refractivity contribution in [1.29, 1.82) is 0 Å². The molecule has 0 saturated carbocycles. The SMILES string of the molecule is O=C(c1ccc(Br)cc1)[C@H]1Oc2ccc(Cl)cc2[C@@H]2CC(c3ccccc3)=NN12. The first kappa shape index (κ1) is 18.4. The molecule has 0 spiro atoms. The number of hydrogen-bond donors (Lipinski definition) is 0. The molecule has 0 unspecified atom stereocenters. The normalized spacial score (nSPS) is 19.8. The summed E-state index contributed by atoms with van der Waals surface area (Å²) in [6.45, 7) is 0. The second kappa shape index (κ2) is 7.32. The quantitative estimate of drug-likeness (QED) is 0.453. The fourth-order valence-electron chi connectivity index (χ4n) is 3.79. The van der Waals surface area contributed by atoms with Crippen molar-refractivity contribution in [1.82, 2.24) is 5.01 Å². The van der Waals surface area contributed by atoms with Gasteiger partial charge in [-0.3, -0.25) is 4.79 Å². The number of Topliss-reactive ketones (excluding diaryl/α,β-unsaturated/α-hetero) is 1. The number of hydrogen-bond acceptors (Lipinski definition) is 4. The van der Waals surface area contributed by atoms with Gasteiger partial charge in [0, 0.05) is 27.0 Å². The Hall–Kier alpha value is -2.63. The molecular formula is C23H16BrClN2O2. The summed E-state index contributed by atoms with van der Waals surface area (Å²) in [6, 6.07) is 22.7. The molecule has 144 valence electrons. The minimum absolute atomic E-state index is 0.0999. The molecule has 0 aliphatic carbocycles. The number of benzene rings is 3. The molecule has 2 aliphatic rings. The lowest BCUT2D eigenvalue weighted by molar-refractivity contribution is -0.00455. The fourth-order valence-corrected chi connectivity index (χ4v) is 4.24. The Balaban J connectivity index is 1.57. The van der Waals surface area contributed by atoms with Crippen molar-refractivity contribution in [2.75, 3.05) is 0 Å². The molecule has 29 heavy (non-hydrogen) atoms. The Kier molecular flexibility index (Phi) is 4.64. The summed E-state index contributed by atoms with van der Waals surface area (Å²) in [7, 11) is 0. The van der Waals surface area contributed by atoms with Crippen LogP contribution in [0.4, 0.5) is 0 Å². The third kappa shape index (κ3) is 3.34. The van der Waals surface area contributed by atoms with Crippen molar-refractivity contribution in [3.8, 4) is 5.75 Å². The van der Waals surface area contributed by atoms with Crippen LogP contribution in [0.25, 0.3) is 0 Å². The number of halogens is 2. The van der Waals surface area contributed by atoms with Crippen LogP contribution < -0.4 is 4.74 Å². The van der Waals surface area contributed by atoms with Gasteiger partial charge in [-0.1, -0.05) is 70.0 Å². The second-order valence-electron chi connectivity index (χ2n) is 7.04. The standard InChI is InChI=1S/C23H16BrClN2O2/c24-16-8-6-15(7-9-16)22(28)23-27-20(18-12-17(25)10-11-21(18)29-23)13-19(26-27)14-4-2-1-3-5-14/h1-12,20,23H,13H2/t20-,23+/m0/s1. The minimum atomic E-state index is -0.823. The van der Waals surface area contributed by atoms with Crippen molar-refractivity contribution in [3.63, 3.8) is 0 Å². The lowest BCUT2D eigenvalue weighted by Gasteiger charge is -2.37. The van der Waals surface area contributed by atoms with E-state index in [1.54, 1.807) is 23.2 Å². The monoisotopic (exact) mass is 466 g/mol. The Bertz CT molecular complexity index is 1120. The Morgan fingerprint density at radius 2 is 1.83 bits per heavy atom. The molecule has 0 aromatic heterocycles. The van der Waals surface area contributed by atoms with E-state index in [1.165, 1.54) is 0 Å². The van der Waals surface area contributed by atoms with Gasteiger partial charge in [-0.15, -0.1) is 0 Å². The number of ketones is 1. The zero-order valence-electron chi connectivity index (χ0n) is 15.3. The lowest BCUT2D eigenvalue weighted by Crippen LogP contribution is -2.45. The van der Waals surface area contributed by atoms with Crippen LogP contribution >= 0.6 is 27.5 Å².